The molecule has 1 aromatic carbocycles. The molecular formula is C15H20FN3O5. The van der Waals surface area contributed by atoms with Crippen molar-refractivity contribution in [1.82, 2.24) is 5.32 Å². The SMILES string of the molecule is O=C(O)N[C@@H](CCO)C(=O)Nc1ccc(N2CCOCC2)c(F)c1. The van der Waals surface area contributed by atoms with E-state index >= 15 is 0 Å². The molecule has 0 radical (unpaired) electrons. The minimum absolute atomic E-state index is 0.0769. The molecule has 0 bridgehead atoms. The van der Waals surface area contributed by atoms with Crippen LogP contribution in [0.25, 0.3) is 0 Å². The van der Waals surface area contributed by atoms with Gasteiger partial charge in [0.2, 0.25) is 5.91 Å². The Hall–Kier alpha value is -2.39. The van der Waals surface area contributed by atoms with E-state index in [-0.39, 0.29) is 18.7 Å². The number of amides is 2. The summed E-state index contributed by atoms with van der Waals surface area (Å²) in [6, 6.07) is 3.17. The third kappa shape index (κ3) is 4.80. The number of nitrogens with one attached hydrogen (secondary N) is 2. The summed E-state index contributed by atoms with van der Waals surface area (Å²) in [4.78, 5) is 24.6. The molecule has 1 saturated heterocycles. The molecule has 132 valence electrons. The van der Waals surface area contributed by atoms with Gasteiger partial charge in [-0.2, -0.15) is 0 Å². The van der Waals surface area contributed by atoms with Crippen molar-refractivity contribution in [1.29, 1.82) is 0 Å². The summed E-state index contributed by atoms with van der Waals surface area (Å²) in [7, 11) is 0. The normalized spacial score (nSPS) is 15.7. The predicted octanol–water partition coefficient (Wildman–Crippen LogP) is 0.619. The number of aliphatic hydroxyl groups excluding tert-OH is 1. The average Bonchev–Trinajstić information content (AvgIpc) is 2.55. The second-order valence-corrected chi connectivity index (χ2v) is 5.27. The molecule has 24 heavy (non-hydrogen) atoms. The quantitative estimate of drug-likeness (QED) is 0.604. The smallest absolute Gasteiger partial charge is 0.405 e. The lowest BCUT2D eigenvalue weighted by Gasteiger charge is -2.29. The van der Waals surface area contributed by atoms with E-state index in [1.165, 1.54) is 6.07 Å². The first-order valence-corrected chi connectivity index (χ1v) is 7.54. The second-order valence-electron chi connectivity index (χ2n) is 5.27. The van der Waals surface area contributed by atoms with Crippen molar-refractivity contribution in [2.24, 2.45) is 0 Å². The van der Waals surface area contributed by atoms with E-state index in [0.29, 0.717) is 32.0 Å². The predicted molar refractivity (Wildman–Crippen MR) is 84.7 cm³/mol. The lowest BCUT2D eigenvalue weighted by molar-refractivity contribution is -0.118. The number of halogens is 1. The molecule has 2 amide bonds. The third-order valence-electron chi connectivity index (χ3n) is 3.60. The average molecular weight is 341 g/mol. The van der Waals surface area contributed by atoms with E-state index in [9.17, 15) is 14.0 Å². The van der Waals surface area contributed by atoms with E-state index in [2.05, 4.69) is 5.32 Å². The molecular weight excluding hydrogens is 321 g/mol. The van der Waals surface area contributed by atoms with E-state index in [1.54, 1.807) is 12.1 Å². The number of anilines is 2. The number of hydrogen-bond acceptors (Lipinski definition) is 5. The lowest BCUT2D eigenvalue weighted by Crippen LogP contribution is -2.43. The fraction of sp³-hybridized carbons (Fsp3) is 0.467. The van der Waals surface area contributed by atoms with Gasteiger partial charge in [-0.05, 0) is 24.6 Å². The number of ether oxygens (including phenoxy) is 1. The van der Waals surface area contributed by atoms with Gasteiger partial charge in [-0.15, -0.1) is 0 Å². The van der Waals surface area contributed by atoms with E-state index in [0.717, 1.165) is 0 Å². The number of hydrogen-bond donors (Lipinski definition) is 4. The van der Waals surface area contributed by atoms with E-state index in [4.69, 9.17) is 14.9 Å². The van der Waals surface area contributed by atoms with Gasteiger partial charge in [0.05, 0.1) is 18.9 Å². The summed E-state index contributed by atoms with van der Waals surface area (Å²) in [5.74, 6) is -1.15. The summed E-state index contributed by atoms with van der Waals surface area (Å²) in [6.45, 7) is 1.87. The maximum absolute atomic E-state index is 14.3. The monoisotopic (exact) mass is 341 g/mol. The highest BCUT2D eigenvalue weighted by atomic mass is 19.1. The third-order valence-corrected chi connectivity index (χ3v) is 3.60. The van der Waals surface area contributed by atoms with Gasteiger partial charge in [0.25, 0.3) is 0 Å². The van der Waals surface area contributed by atoms with Gasteiger partial charge < -0.3 is 30.5 Å². The van der Waals surface area contributed by atoms with Crippen molar-refractivity contribution in [3.63, 3.8) is 0 Å². The number of nitrogens with zero attached hydrogens (tertiary/aromatic N) is 1. The molecule has 9 heteroatoms. The molecule has 0 saturated carbocycles. The van der Waals surface area contributed by atoms with Gasteiger partial charge in [0.15, 0.2) is 0 Å². The Morgan fingerprint density at radius 1 is 1.33 bits per heavy atom. The summed E-state index contributed by atoms with van der Waals surface area (Å²) in [5.41, 5.74) is 0.636. The molecule has 2 rings (SSSR count). The van der Waals surface area contributed by atoms with Crippen LogP contribution in [0, 0.1) is 5.82 Å². The Labute approximate surface area is 138 Å². The first-order chi connectivity index (χ1) is 11.5. The van der Waals surface area contributed by atoms with Crippen molar-refractivity contribution in [2.75, 3.05) is 43.1 Å². The number of benzene rings is 1. The minimum atomic E-state index is -1.38. The van der Waals surface area contributed by atoms with Crippen molar-refractivity contribution in [2.45, 2.75) is 12.5 Å². The maximum Gasteiger partial charge on any atom is 0.405 e. The van der Waals surface area contributed by atoms with Crippen LogP contribution in [0.15, 0.2) is 18.2 Å². The molecule has 1 aliphatic heterocycles. The Morgan fingerprint density at radius 2 is 2.04 bits per heavy atom. The van der Waals surface area contributed by atoms with Crippen LogP contribution in [0.5, 0.6) is 0 Å². The fourth-order valence-corrected chi connectivity index (χ4v) is 2.42. The highest BCUT2D eigenvalue weighted by molar-refractivity contribution is 5.96. The Morgan fingerprint density at radius 3 is 2.62 bits per heavy atom. The zero-order valence-corrected chi connectivity index (χ0v) is 13.0. The van der Waals surface area contributed by atoms with Crippen LogP contribution in [0.4, 0.5) is 20.6 Å². The standard InChI is InChI=1S/C15H20FN3O5/c16-11-9-10(1-2-13(11)19-4-7-24-8-5-19)17-14(21)12(3-6-20)18-15(22)23/h1-2,9,12,18,20H,3-8H2,(H,17,21)(H,22,23)/t12-/m0/s1. The largest absolute Gasteiger partial charge is 0.465 e. The molecule has 8 nitrogen and oxygen atoms in total. The summed E-state index contributed by atoms with van der Waals surface area (Å²) in [6.07, 6.45) is -1.45. The fourth-order valence-electron chi connectivity index (χ4n) is 2.42. The topological polar surface area (TPSA) is 111 Å². The molecule has 1 heterocycles. The number of carbonyl (C=O) groups excluding carboxylic acids is 1. The second kappa shape index (κ2) is 8.46. The van der Waals surface area contributed by atoms with Gasteiger partial charge in [0.1, 0.15) is 11.9 Å². The van der Waals surface area contributed by atoms with Crippen molar-refractivity contribution in [3.05, 3.63) is 24.0 Å². The number of carboxylic acid groups (broad SMARTS) is 1. The first kappa shape index (κ1) is 18.0. The summed E-state index contributed by atoms with van der Waals surface area (Å²) < 4.78 is 19.5. The number of carbonyl (C=O) groups is 2. The molecule has 0 unspecified atom stereocenters. The summed E-state index contributed by atoms with van der Waals surface area (Å²) in [5, 5.41) is 22.1. The molecule has 4 N–H and O–H groups in total. The van der Waals surface area contributed by atoms with Gasteiger partial charge in [-0.1, -0.05) is 0 Å². The molecule has 1 atom stereocenters. The zero-order valence-electron chi connectivity index (χ0n) is 13.0. The van der Waals surface area contributed by atoms with Crippen LogP contribution in [0.3, 0.4) is 0 Å². The van der Waals surface area contributed by atoms with Crippen LogP contribution in [-0.4, -0.2) is 61.2 Å². The van der Waals surface area contributed by atoms with Gasteiger partial charge in [-0.25, -0.2) is 9.18 Å². The van der Waals surface area contributed by atoms with Crippen LogP contribution in [0.2, 0.25) is 0 Å². The zero-order chi connectivity index (χ0) is 17.5. The van der Waals surface area contributed by atoms with Gasteiger partial charge in [0, 0.05) is 25.4 Å². The number of rotatable bonds is 6. The Balaban J connectivity index is 2.04. The van der Waals surface area contributed by atoms with Crippen LogP contribution in [0.1, 0.15) is 6.42 Å². The first-order valence-electron chi connectivity index (χ1n) is 7.54. The molecule has 1 aromatic rings. The highest BCUT2D eigenvalue weighted by Crippen LogP contribution is 2.23. The lowest BCUT2D eigenvalue weighted by atomic mass is 10.2. The maximum atomic E-state index is 14.3. The highest BCUT2D eigenvalue weighted by Gasteiger charge is 2.21. The summed E-state index contributed by atoms with van der Waals surface area (Å²) >= 11 is 0. The van der Waals surface area contributed by atoms with Crippen LogP contribution < -0.4 is 15.5 Å². The molecule has 1 aliphatic rings. The van der Waals surface area contributed by atoms with E-state index in [1.807, 2.05) is 10.2 Å². The number of aliphatic hydroxyl groups is 1. The minimum Gasteiger partial charge on any atom is -0.465 e. The molecule has 0 aromatic heterocycles. The Bertz CT molecular complexity index is 592. The Kier molecular flexibility index (Phi) is 6.33. The van der Waals surface area contributed by atoms with Gasteiger partial charge >= 0.3 is 6.09 Å². The van der Waals surface area contributed by atoms with Crippen molar-refractivity contribution < 1.29 is 28.9 Å². The van der Waals surface area contributed by atoms with Gasteiger partial charge in [-0.3, -0.25) is 4.79 Å². The number of morpholine rings is 1. The van der Waals surface area contributed by atoms with Crippen LogP contribution in [-0.2, 0) is 9.53 Å². The molecule has 0 spiro atoms. The molecule has 0 aliphatic carbocycles. The van der Waals surface area contributed by atoms with Crippen LogP contribution >= 0.6 is 0 Å². The van der Waals surface area contributed by atoms with Crippen molar-refractivity contribution >= 4 is 23.4 Å². The van der Waals surface area contributed by atoms with E-state index < -0.39 is 23.9 Å². The molecule has 1 fully saturated rings. The van der Waals surface area contributed by atoms with Crippen molar-refractivity contribution in [3.8, 4) is 0 Å².